The standard InChI is InChI=1S/C21H20N2O2/c1-24-20-18-16-12-5-3-4-6-13(12)17(19(18)22-21(23-20)25-2)15-11-8-7-10(9-11)14(15)16/h3-8,10-11,14-17H,9H2,1-2H3/t10-,11+,14-,15+,16+,17-/m0/s1. The minimum Gasteiger partial charge on any atom is -0.481 e. The fourth-order valence-corrected chi connectivity index (χ4v) is 6.23. The molecule has 0 spiro atoms. The Balaban J connectivity index is 1.68. The molecule has 0 N–H and O–H groups in total. The summed E-state index contributed by atoms with van der Waals surface area (Å²) >= 11 is 0. The summed E-state index contributed by atoms with van der Waals surface area (Å²) in [5.74, 6) is 4.00. The van der Waals surface area contributed by atoms with Crippen LogP contribution >= 0.6 is 0 Å². The SMILES string of the molecule is COc1nc(OC)c2c(n1)[C@H]1c3ccccc3[C@@H]2[C@@H]2[C@H]1[C@@H]1C=C[C@H]2C1. The second kappa shape index (κ2) is 4.63. The van der Waals surface area contributed by atoms with Crippen molar-refractivity contribution >= 4 is 0 Å². The highest BCUT2D eigenvalue weighted by Crippen LogP contribution is 2.68. The third-order valence-electron chi connectivity index (χ3n) is 6.92. The molecule has 4 nitrogen and oxygen atoms in total. The quantitative estimate of drug-likeness (QED) is 0.789. The first-order valence-corrected chi connectivity index (χ1v) is 9.08. The van der Waals surface area contributed by atoms with Crippen molar-refractivity contribution in [2.75, 3.05) is 14.2 Å². The van der Waals surface area contributed by atoms with Crippen LogP contribution in [0.15, 0.2) is 36.4 Å². The van der Waals surface area contributed by atoms with E-state index in [2.05, 4.69) is 41.4 Å². The molecule has 4 bridgehead atoms. The van der Waals surface area contributed by atoms with Gasteiger partial charge in [-0.2, -0.15) is 9.97 Å². The second-order valence-corrected chi connectivity index (χ2v) is 7.71. The Morgan fingerprint density at radius 3 is 2.24 bits per heavy atom. The maximum atomic E-state index is 5.70. The van der Waals surface area contributed by atoms with Gasteiger partial charge in [0.25, 0.3) is 0 Å². The Morgan fingerprint density at radius 1 is 0.880 bits per heavy atom. The normalized spacial score (nSPS) is 35.3. The Hall–Kier alpha value is -2.36. The summed E-state index contributed by atoms with van der Waals surface area (Å²) in [6.45, 7) is 0. The van der Waals surface area contributed by atoms with Crippen molar-refractivity contribution in [2.45, 2.75) is 18.3 Å². The fourth-order valence-electron chi connectivity index (χ4n) is 6.23. The molecule has 7 rings (SSSR count). The third-order valence-corrected chi connectivity index (χ3v) is 6.92. The number of allylic oxidation sites excluding steroid dienone is 2. The lowest BCUT2D eigenvalue weighted by Gasteiger charge is -2.50. The van der Waals surface area contributed by atoms with E-state index >= 15 is 0 Å². The van der Waals surface area contributed by atoms with E-state index in [1.54, 1.807) is 14.2 Å². The summed E-state index contributed by atoms with van der Waals surface area (Å²) in [7, 11) is 3.33. The number of aromatic nitrogens is 2. The highest BCUT2D eigenvalue weighted by Gasteiger charge is 2.60. The van der Waals surface area contributed by atoms with E-state index in [0.717, 1.165) is 5.69 Å². The lowest BCUT2D eigenvalue weighted by atomic mass is 9.53. The maximum absolute atomic E-state index is 5.70. The van der Waals surface area contributed by atoms with Gasteiger partial charge in [-0.1, -0.05) is 36.4 Å². The molecular formula is C21H20N2O2. The zero-order valence-electron chi connectivity index (χ0n) is 14.3. The van der Waals surface area contributed by atoms with Crippen LogP contribution in [-0.2, 0) is 0 Å². The predicted octanol–water partition coefficient (Wildman–Crippen LogP) is 3.52. The molecule has 0 amide bonds. The largest absolute Gasteiger partial charge is 0.481 e. The van der Waals surface area contributed by atoms with Gasteiger partial charge >= 0.3 is 6.01 Å². The molecular weight excluding hydrogens is 312 g/mol. The van der Waals surface area contributed by atoms with Crippen molar-refractivity contribution in [3.63, 3.8) is 0 Å². The van der Waals surface area contributed by atoms with Gasteiger partial charge < -0.3 is 9.47 Å². The van der Waals surface area contributed by atoms with Gasteiger partial charge in [-0.05, 0) is 41.2 Å². The minimum absolute atomic E-state index is 0.326. The summed E-state index contributed by atoms with van der Waals surface area (Å²) in [5.41, 5.74) is 5.24. The Bertz CT molecular complexity index is 922. The molecule has 0 radical (unpaired) electrons. The van der Waals surface area contributed by atoms with Crippen LogP contribution in [0.5, 0.6) is 11.9 Å². The van der Waals surface area contributed by atoms with Crippen LogP contribution in [0.25, 0.3) is 0 Å². The zero-order chi connectivity index (χ0) is 16.7. The Labute approximate surface area is 146 Å². The molecule has 0 unspecified atom stereocenters. The summed E-state index contributed by atoms with van der Waals surface area (Å²) in [5, 5.41) is 0. The Morgan fingerprint density at radius 2 is 1.56 bits per heavy atom. The van der Waals surface area contributed by atoms with Gasteiger partial charge in [0.05, 0.1) is 19.9 Å². The van der Waals surface area contributed by atoms with Crippen LogP contribution in [0.3, 0.4) is 0 Å². The van der Waals surface area contributed by atoms with Gasteiger partial charge in [-0.15, -0.1) is 0 Å². The monoisotopic (exact) mass is 332 g/mol. The van der Waals surface area contributed by atoms with E-state index in [4.69, 9.17) is 14.5 Å². The first kappa shape index (κ1) is 13.9. The second-order valence-electron chi connectivity index (χ2n) is 7.71. The molecule has 1 aromatic heterocycles. The lowest BCUT2D eigenvalue weighted by molar-refractivity contribution is 0.201. The number of hydrogen-bond acceptors (Lipinski definition) is 4. The van der Waals surface area contributed by atoms with E-state index in [1.807, 2.05) is 0 Å². The van der Waals surface area contributed by atoms with Crippen molar-refractivity contribution in [3.05, 3.63) is 58.8 Å². The van der Waals surface area contributed by atoms with Crippen LogP contribution in [-0.4, -0.2) is 24.2 Å². The van der Waals surface area contributed by atoms with Gasteiger partial charge in [-0.3, -0.25) is 0 Å². The van der Waals surface area contributed by atoms with Crippen LogP contribution in [0.2, 0.25) is 0 Å². The minimum atomic E-state index is 0.326. The number of fused-ring (bicyclic) bond motifs is 2. The van der Waals surface area contributed by atoms with Crippen molar-refractivity contribution < 1.29 is 9.47 Å². The molecule has 1 aromatic carbocycles. The summed E-state index contributed by atoms with van der Waals surface area (Å²) in [6.07, 6.45) is 6.19. The molecule has 126 valence electrons. The molecule has 1 heterocycles. The van der Waals surface area contributed by atoms with Crippen LogP contribution in [0.1, 0.15) is 40.6 Å². The number of nitrogens with zero attached hydrogens (tertiary/aromatic N) is 2. The molecule has 1 saturated carbocycles. The van der Waals surface area contributed by atoms with Crippen molar-refractivity contribution in [3.8, 4) is 11.9 Å². The molecule has 6 atom stereocenters. The average molecular weight is 332 g/mol. The van der Waals surface area contributed by atoms with Crippen molar-refractivity contribution in [2.24, 2.45) is 23.7 Å². The number of methoxy groups -OCH3 is 2. The number of benzene rings is 1. The van der Waals surface area contributed by atoms with Gasteiger partial charge in [-0.25, -0.2) is 0 Å². The fraction of sp³-hybridized carbons (Fsp3) is 0.429. The first-order chi connectivity index (χ1) is 12.3. The molecule has 4 heteroatoms. The molecule has 5 aliphatic rings. The third kappa shape index (κ3) is 1.54. The van der Waals surface area contributed by atoms with Gasteiger partial charge in [0.15, 0.2) is 0 Å². The topological polar surface area (TPSA) is 44.2 Å². The number of hydrogen-bond donors (Lipinski definition) is 0. The number of rotatable bonds is 2. The Kier molecular flexibility index (Phi) is 2.57. The smallest absolute Gasteiger partial charge is 0.319 e. The van der Waals surface area contributed by atoms with E-state index in [1.165, 1.54) is 23.1 Å². The summed E-state index contributed by atoms with van der Waals surface area (Å²) in [4.78, 5) is 9.35. The average Bonchev–Trinajstić information content (AvgIpc) is 3.29. The zero-order valence-corrected chi connectivity index (χ0v) is 14.3. The molecule has 0 saturated heterocycles. The molecule has 25 heavy (non-hydrogen) atoms. The first-order valence-electron chi connectivity index (χ1n) is 9.08. The highest BCUT2D eigenvalue weighted by atomic mass is 16.5. The molecule has 0 aliphatic heterocycles. The summed E-state index contributed by atoms with van der Waals surface area (Å²) in [6, 6.07) is 9.33. The lowest BCUT2D eigenvalue weighted by Crippen LogP contribution is -2.42. The van der Waals surface area contributed by atoms with E-state index < -0.39 is 0 Å². The predicted molar refractivity (Wildman–Crippen MR) is 93.0 cm³/mol. The van der Waals surface area contributed by atoms with Crippen molar-refractivity contribution in [1.29, 1.82) is 0 Å². The molecule has 2 aromatic rings. The molecule has 1 fully saturated rings. The van der Waals surface area contributed by atoms with Crippen molar-refractivity contribution in [1.82, 2.24) is 9.97 Å². The maximum Gasteiger partial charge on any atom is 0.319 e. The number of ether oxygens (including phenoxy) is 2. The van der Waals surface area contributed by atoms with E-state index in [9.17, 15) is 0 Å². The highest BCUT2D eigenvalue weighted by molar-refractivity contribution is 5.59. The molecule has 5 aliphatic carbocycles. The van der Waals surface area contributed by atoms with Crippen LogP contribution in [0.4, 0.5) is 0 Å². The summed E-state index contributed by atoms with van der Waals surface area (Å²) < 4.78 is 11.1. The van der Waals surface area contributed by atoms with Gasteiger partial charge in [0.2, 0.25) is 5.88 Å². The van der Waals surface area contributed by atoms with Crippen LogP contribution < -0.4 is 9.47 Å². The van der Waals surface area contributed by atoms with Gasteiger partial charge in [0.1, 0.15) is 0 Å². The van der Waals surface area contributed by atoms with E-state index in [0.29, 0.717) is 47.4 Å². The van der Waals surface area contributed by atoms with Gasteiger partial charge in [0, 0.05) is 17.4 Å². The van der Waals surface area contributed by atoms with Crippen LogP contribution in [0, 0.1) is 23.7 Å². The van der Waals surface area contributed by atoms with E-state index in [-0.39, 0.29) is 0 Å².